The summed E-state index contributed by atoms with van der Waals surface area (Å²) >= 11 is 0.904. The third kappa shape index (κ3) is 3.63. The van der Waals surface area contributed by atoms with Crippen molar-refractivity contribution in [1.29, 1.82) is 0 Å². The molecule has 0 amide bonds. The van der Waals surface area contributed by atoms with Gasteiger partial charge in [-0.2, -0.15) is 0 Å². The molecule has 0 saturated carbocycles. The van der Waals surface area contributed by atoms with Crippen molar-refractivity contribution in [2.75, 3.05) is 0 Å². The molecule has 5 nitrogen and oxygen atoms in total. The zero-order valence-electron chi connectivity index (χ0n) is 18.6. The molecule has 4 rings (SSSR count). The summed E-state index contributed by atoms with van der Waals surface area (Å²) in [6, 6.07) is 7.43. The first-order valence-corrected chi connectivity index (χ1v) is 11.4. The first kappa shape index (κ1) is 21.5. The van der Waals surface area contributed by atoms with E-state index < -0.39 is 0 Å². The number of aryl methyl sites for hydroxylation is 1. The smallest absolute Gasteiger partial charge is 0.310 e. The Balaban J connectivity index is 1.88. The largest absolute Gasteiger partial charge is 0.507 e. The van der Waals surface area contributed by atoms with Gasteiger partial charge in [0, 0.05) is 17.2 Å². The number of fused-ring (bicyclic) bond motifs is 1. The SMILES string of the molecule is Cc1cc2c(cc1-c1cc(Cn3c(O)csc3=O)c(O)cc1O)C(C)(C)CCC2(C)C. The van der Waals surface area contributed by atoms with Crippen LogP contribution in [0, 0.1) is 6.92 Å². The summed E-state index contributed by atoms with van der Waals surface area (Å²) < 4.78 is 1.20. The molecule has 0 bridgehead atoms. The lowest BCUT2D eigenvalue weighted by Crippen LogP contribution is -2.34. The summed E-state index contributed by atoms with van der Waals surface area (Å²) in [7, 11) is 0. The van der Waals surface area contributed by atoms with Gasteiger partial charge in [0.2, 0.25) is 5.88 Å². The fourth-order valence-electron chi connectivity index (χ4n) is 4.62. The molecular weight excluding hydrogens is 410 g/mol. The molecule has 6 heteroatoms. The second-order valence-corrected chi connectivity index (χ2v) is 10.7. The van der Waals surface area contributed by atoms with E-state index in [0.29, 0.717) is 11.1 Å². The molecule has 1 aliphatic carbocycles. The van der Waals surface area contributed by atoms with E-state index in [0.717, 1.165) is 35.3 Å². The third-order valence-corrected chi connectivity index (χ3v) is 7.53. The Kier molecular flexibility index (Phi) is 4.97. The Morgan fingerprint density at radius 1 is 0.903 bits per heavy atom. The van der Waals surface area contributed by atoms with Gasteiger partial charge < -0.3 is 15.3 Å². The van der Waals surface area contributed by atoms with E-state index in [-0.39, 0.29) is 39.6 Å². The minimum atomic E-state index is -0.305. The Bertz CT molecular complexity index is 1230. The first-order chi connectivity index (χ1) is 14.4. The lowest BCUT2D eigenvalue weighted by molar-refractivity contribution is 0.332. The minimum Gasteiger partial charge on any atom is -0.507 e. The summed E-state index contributed by atoms with van der Waals surface area (Å²) in [5, 5.41) is 32.4. The van der Waals surface area contributed by atoms with Crippen molar-refractivity contribution < 1.29 is 15.3 Å². The molecule has 0 fully saturated rings. The van der Waals surface area contributed by atoms with Gasteiger partial charge in [-0.25, -0.2) is 0 Å². The number of hydrogen-bond donors (Lipinski definition) is 3. The molecule has 0 aliphatic heterocycles. The van der Waals surface area contributed by atoms with E-state index >= 15 is 0 Å². The highest BCUT2D eigenvalue weighted by molar-refractivity contribution is 7.07. The fraction of sp³-hybridized carbons (Fsp3) is 0.400. The van der Waals surface area contributed by atoms with Gasteiger partial charge in [-0.05, 0) is 65.0 Å². The van der Waals surface area contributed by atoms with Crippen LogP contribution in [0.25, 0.3) is 11.1 Å². The van der Waals surface area contributed by atoms with Crippen LogP contribution in [-0.4, -0.2) is 19.9 Å². The van der Waals surface area contributed by atoms with Crippen LogP contribution < -0.4 is 4.87 Å². The normalized spacial score (nSPS) is 16.8. The zero-order valence-corrected chi connectivity index (χ0v) is 19.4. The van der Waals surface area contributed by atoms with Gasteiger partial charge in [-0.15, -0.1) is 0 Å². The summed E-state index contributed by atoms with van der Waals surface area (Å²) in [5.74, 6) is -0.271. The number of phenolic OH excluding ortho intramolecular Hbond substituents is 2. The van der Waals surface area contributed by atoms with Crippen LogP contribution in [0.15, 0.2) is 34.4 Å². The van der Waals surface area contributed by atoms with Crippen molar-refractivity contribution in [3.8, 4) is 28.5 Å². The molecule has 1 heterocycles. The van der Waals surface area contributed by atoms with Crippen LogP contribution >= 0.6 is 11.3 Å². The number of hydrogen-bond acceptors (Lipinski definition) is 5. The van der Waals surface area contributed by atoms with Gasteiger partial charge in [0.15, 0.2) is 0 Å². The maximum Gasteiger partial charge on any atom is 0.310 e. The third-order valence-electron chi connectivity index (χ3n) is 6.78. The van der Waals surface area contributed by atoms with Crippen LogP contribution in [0.4, 0.5) is 0 Å². The second-order valence-electron chi connectivity index (χ2n) is 9.92. The molecule has 0 radical (unpaired) electrons. The van der Waals surface area contributed by atoms with E-state index in [1.54, 1.807) is 6.07 Å². The predicted molar refractivity (Wildman–Crippen MR) is 125 cm³/mol. The van der Waals surface area contributed by atoms with Crippen LogP contribution in [0.2, 0.25) is 0 Å². The molecule has 31 heavy (non-hydrogen) atoms. The average molecular weight is 440 g/mol. The standard InChI is InChI=1S/C25H29NO4S/c1-14-8-18-19(25(4,5)7-6-24(18,2)3)10-16(14)17-9-15(20(27)11-21(17)28)12-26-22(29)13-31-23(26)30/h8-11,13,27-29H,6-7,12H2,1-5H3. The lowest BCUT2D eigenvalue weighted by atomic mass is 9.62. The molecule has 1 aromatic heterocycles. The Morgan fingerprint density at radius 3 is 2.10 bits per heavy atom. The van der Waals surface area contributed by atoms with E-state index in [4.69, 9.17) is 0 Å². The van der Waals surface area contributed by atoms with Gasteiger partial charge in [0.1, 0.15) is 11.5 Å². The fourth-order valence-corrected chi connectivity index (χ4v) is 5.24. The van der Waals surface area contributed by atoms with Crippen molar-refractivity contribution in [3.05, 3.63) is 61.6 Å². The molecule has 3 aromatic rings. The second kappa shape index (κ2) is 7.16. The summed E-state index contributed by atoms with van der Waals surface area (Å²) in [5.41, 5.74) is 5.77. The topological polar surface area (TPSA) is 82.7 Å². The van der Waals surface area contributed by atoms with E-state index in [2.05, 4.69) is 39.8 Å². The number of rotatable bonds is 3. The van der Waals surface area contributed by atoms with Crippen LogP contribution in [0.5, 0.6) is 17.4 Å². The van der Waals surface area contributed by atoms with Gasteiger partial charge in [0.25, 0.3) is 0 Å². The number of aromatic nitrogens is 1. The highest BCUT2D eigenvalue weighted by Crippen LogP contribution is 2.48. The Labute approximate surface area is 186 Å². The Morgan fingerprint density at radius 2 is 1.52 bits per heavy atom. The molecule has 1 aliphatic rings. The molecule has 0 spiro atoms. The van der Waals surface area contributed by atoms with Crippen LogP contribution in [-0.2, 0) is 17.4 Å². The lowest BCUT2D eigenvalue weighted by Gasteiger charge is -2.42. The summed E-state index contributed by atoms with van der Waals surface area (Å²) in [6.07, 6.45) is 2.21. The number of nitrogens with zero attached hydrogens (tertiary/aromatic N) is 1. The highest BCUT2D eigenvalue weighted by atomic mass is 32.1. The van der Waals surface area contributed by atoms with Gasteiger partial charge in [-0.3, -0.25) is 9.36 Å². The number of aromatic hydroxyl groups is 3. The van der Waals surface area contributed by atoms with Crippen LogP contribution in [0.1, 0.15) is 62.8 Å². The number of phenols is 2. The molecule has 164 valence electrons. The minimum absolute atomic E-state index is 0.0148. The molecular formula is C25H29NO4S. The quantitative estimate of drug-likeness (QED) is 0.510. The van der Waals surface area contributed by atoms with Crippen LogP contribution in [0.3, 0.4) is 0 Å². The summed E-state index contributed by atoms with van der Waals surface area (Å²) in [4.78, 5) is 11.7. The summed E-state index contributed by atoms with van der Waals surface area (Å²) in [6.45, 7) is 11.1. The molecule has 0 unspecified atom stereocenters. The van der Waals surface area contributed by atoms with E-state index in [1.165, 1.54) is 27.1 Å². The number of thiazole rings is 1. The molecule has 0 atom stereocenters. The molecule has 0 saturated heterocycles. The number of benzene rings is 2. The monoisotopic (exact) mass is 439 g/mol. The zero-order chi connectivity index (χ0) is 22.7. The average Bonchev–Trinajstić information content (AvgIpc) is 2.99. The van der Waals surface area contributed by atoms with Crippen molar-refractivity contribution in [3.63, 3.8) is 0 Å². The van der Waals surface area contributed by atoms with Gasteiger partial charge in [0.05, 0.1) is 11.9 Å². The van der Waals surface area contributed by atoms with Crippen molar-refractivity contribution in [2.45, 2.75) is 64.8 Å². The Hall–Kier alpha value is -2.73. The molecule has 3 N–H and O–H groups in total. The first-order valence-electron chi connectivity index (χ1n) is 10.5. The highest BCUT2D eigenvalue weighted by Gasteiger charge is 2.37. The van der Waals surface area contributed by atoms with E-state index in [1.807, 2.05) is 6.92 Å². The maximum absolute atomic E-state index is 12.0. The van der Waals surface area contributed by atoms with Gasteiger partial charge >= 0.3 is 4.87 Å². The molecule has 2 aromatic carbocycles. The van der Waals surface area contributed by atoms with E-state index in [9.17, 15) is 20.1 Å². The maximum atomic E-state index is 12.0. The van der Waals surface area contributed by atoms with Crippen molar-refractivity contribution in [2.24, 2.45) is 0 Å². The van der Waals surface area contributed by atoms with Gasteiger partial charge in [-0.1, -0.05) is 45.1 Å². The van der Waals surface area contributed by atoms with Crippen molar-refractivity contribution in [1.82, 2.24) is 4.57 Å². The van der Waals surface area contributed by atoms with Crippen molar-refractivity contribution >= 4 is 11.3 Å². The predicted octanol–water partition coefficient (Wildman–Crippen LogP) is 5.40.